The van der Waals surface area contributed by atoms with Gasteiger partial charge in [-0.2, -0.15) is 18.1 Å². The lowest BCUT2D eigenvalue weighted by Crippen LogP contribution is -2.54. The summed E-state index contributed by atoms with van der Waals surface area (Å²) >= 11 is 0. The molecule has 0 bridgehead atoms. The van der Waals surface area contributed by atoms with Crippen LogP contribution in [-0.2, 0) is 34.9 Å². The van der Waals surface area contributed by atoms with E-state index in [1.807, 2.05) is 30.3 Å². The molecule has 0 N–H and O–H groups in total. The number of hydrogen-bond donors (Lipinski definition) is 0. The van der Waals surface area contributed by atoms with Gasteiger partial charge in [-0.15, -0.1) is 0 Å². The second-order valence-electron chi connectivity index (χ2n) is 11.7. The van der Waals surface area contributed by atoms with E-state index in [1.165, 1.54) is 6.92 Å². The molecule has 0 aromatic heterocycles. The number of benzene rings is 1. The van der Waals surface area contributed by atoms with Crippen LogP contribution in [0.25, 0.3) is 0 Å². The van der Waals surface area contributed by atoms with Crippen LogP contribution in [0.2, 0.25) is 0 Å². The summed E-state index contributed by atoms with van der Waals surface area (Å²) in [4.78, 5) is 40.2. The number of rotatable bonds is 6. The number of nitrogens with zero attached hydrogens (tertiary/aromatic N) is 1. The minimum atomic E-state index is -4.51. The van der Waals surface area contributed by atoms with Crippen LogP contribution in [-0.4, -0.2) is 78.5 Å². The molecule has 1 aromatic carbocycles. The second-order valence-corrected chi connectivity index (χ2v) is 11.7. The van der Waals surface area contributed by atoms with Crippen molar-refractivity contribution in [3.63, 3.8) is 0 Å². The van der Waals surface area contributed by atoms with E-state index in [2.05, 4.69) is 0 Å². The molecule has 2 amide bonds. The third-order valence-electron chi connectivity index (χ3n) is 5.63. The molecular formula is C29H40F3NO8. The first-order valence-corrected chi connectivity index (χ1v) is 13.3. The van der Waals surface area contributed by atoms with Crippen molar-refractivity contribution in [1.29, 1.82) is 0 Å². The molecule has 0 radical (unpaired) electrons. The van der Waals surface area contributed by atoms with Crippen molar-refractivity contribution in [1.82, 2.24) is 4.90 Å². The van der Waals surface area contributed by atoms with E-state index in [4.69, 9.17) is 23.7 Å². The summed E-state index contributed by atoms with van der Waals surface area (Å²) in [5, 5.41) is 0. The number of halogens is 3. The normalized spacial score (nSPS) is 22.7. The lowest BCUT2D eigenvalue weighted by Gasteiger charge is -2.32. The number of cyclic esters (lactones) is 1. The third-order valence-corrected chi connectivity index (χ3v) is 5.63. The summed E-state index contributed by atoms with van der Waals surface area (Å²) in [6.07, 6.45) is -7.35. The van der Waals surface area contributed by atoms with Crippen LogP contribution >= 0.6 is 0 Å². The first-order valence-electron chi connectivity index (χ1n) is 13.3. The summed E-state index contributed by atoms with van der Waals surface area (Å²) in [6.45, 7) is 10.3. The zero-order valence-corrected chi connectivity index (χ0v) is 24.5. The highest BCUT2D eigenvalue weighted by atomic mass is 19.4. The monoisotopic (exact) mass is 587 g/mol. The molecule has 41 heavy (non-hydrogen) atoms. The Balaban J connectivity index is 2.40. The lowest BCUT2D eigenvalue weighted by atomic mass is 9.91. The summed E-state index contributed by atoms with van der Waals surface area (Å²) in [5.41, 5.74) is -1.10. The maximum absolute atomic E-state index is 13.4. The van der Waals surface area contributed by atoms with Crippen LogP contribution in [0.15, 0.2) is 42.5 Å². The van der Waals surface area contributed by atoms with E-state index >= 15 is 0 Å². The zero-order valence-electron chi connectivity index (χ0n) is 24.5. The van der Waals surface area contributed by atoms with Crippen LogP contribution in [0.5, 0.6) is 0 Å². The first-order chi connectivity index (χ1) is 18.9. The Kier molecular flexibility index (Phi) is 11.8. The Hall–Kier alpha value is -3.12. The average molecular weight is 588 g/mol. The Morgan fingerprint density at radius 2 is 1.54 bits per heavy atom. The van der Waals surface area contributed by atoms with Crippen LogP contribution in [0.4, 0.5) is 22.8 Å². The van der Waals surface area contributed by atoms with Gasteiger partial charge in [0.05, 0.1) is 25.9 Å². The number of carbonyl (C=O) groups excluding carboxylic acids is 3. The number of esters is 1. The van der Waals surface area contributed by atoms with Gasteiger partial charge in [0.15, 0.2) is 6.04 Å². The van der Waals surface area contributed by atoms with E-state index in [9.17, 15) is 27.6 Å². The van der Waals surface area contributed by atoms with Gasteiger partial charge in [0.25, 0.3) is 0 Å². The minimum Gasteiger partial charge on any atom is -0.458 e. The average Bonchev–Trinajstić information content (AvgIpc) is 2.84. The van der Waals surface area contributed by atoms with Crippen molar-refractivity contribution >= 4 is 18.2 Å². The van der Waals surface area contributed by atoms with Gasteiger partial charge >= 0.3 is 24.3 Å². The standard InChI is InChI=1S/C29H40F3NO8/c1-19-23(38-15-11-14-29(30,31)32)21(16-20-12-9-8-10-13-20)17-37-18-22(24(34)39-19)33(25(35)40-27(2,3)4)26(36)41-28(5,6)7/h8-14,19,21-23H,15-18H2,1-7H3/b14-11+/t19-,21-,22-,23-/m0/s1. The fourth-order valence-corrected chi connectivity index (χ4v) is 4.05. The predicted molar refractivity (Wildman–Crippen MR) is 143 cm³/mol. The molecule has 0 spiro atoms. The van der Waals surface area contributed by atoms with E-state index in [0.29, 0.717) is 11.3 Å². The Morgan fingerprint density at radius 1 is 0.976 bits per heavy atom. The molecule has 9 nitrogen and oxygen atoms in total. The molecule has 4 atom stereocenters. The minimum absolute atomic E-state index is 0.0174. The zero-order chi connectivity index (χ0) is 31.0. The second kappa shape index (κ2) is 14.2. The smallest absolute Gasteiger partial charge is 0.420 e. The van der Waals surface area contributed by atoms with Gasteiger partial charge in [0, 0.05) is 12.0 Å². The van der Waals surface area contributed by atoms with Crippen LogP contribution in [0.1, 0.15) is 54.0 Å². The molecule has 12 heteroatoms. The quantitative estimate of drug-likeness (QED) is 0.232. The molecule has 1 aromatic rings. The number of alkyl halides is 3. The topological polar surface area (TPSA) is 101 Å². The Bertz CT molecular complexity index is 1020. The maximum Gasteiger partial charge on any atom is 0.420 e. The number of imide groups is 1. The van der Waals surface area contributed by atoms with Gasteiger partial charge in [-0.3, -0.25) is 0 Å². The van der Waals surface area contributed by atoms with Gasteiger partial charge in [-0.05, 0) is 60.5 Å². The predicted octanol–water partition coefficient (Wildman–Crippen LogP) is 5.85. The molecule has 0 aliphatic carbocycles. The fourth-order valence-electron chi connectivity index (χ4n) is 4.05. The van der Waals surface area contributed by atoms with Crippen LogP contribution in [0, 0.1) is 5.92 Å². The van der Waals surface area contributed by atoms with Crippen molar-refractivity contribution in [3.8, 4) is 0 Å². The SMILES string of the molecule is C[C@@H]1OC(=O)[C@@H](N(C(=O)OC(C)(C)C)C(=O)OC(C)(C)C)COC[C@H](Cc2ccccc2)[C@H]1OC/C=C/C(F)(F)F. The summed E-state index contributed by atoms with van der Waals surface area (Å²) < 4.78 is 66.0. The summed E-state index contributed by atoms with van der Waals surface area (Å²) in [5.74, 6) is -1.45. The molecule has 1 aliphatic rings. The largest absolute Gasteiger partial charge is 0.458 e. The molecule has 2 rings (SSSR count). The van der Waals surface area contributed by atoms with E-state index in [1.54, 1.807) is 41.5 Å². The molecule has 1 fully saturated rings. The lowest BCUT2D eigenvalue weighted by molar-refractivity contribution is -0.163. The number of ether oxygens (including phenoxy) is 5. The van der Waals surface area contributed by atoms with Crippen molar-refractivity contribution in [2.45, 2.75) is 90.5 Å². The summed E-state index contributed by atoms with van der Waals surface area (Å²) in [7, 11) is 0. The number of amides is 2. The number of allylic oxidation sites excluding steroid dienone is 1. The van der Waals surface area contributed by atoms with Gasteiger partial charge in [0.1, 0.15) is 17.3 Å². The molecule has 1 heterocycles. The van der Waals surface area contributed by atoms with Gasteiger partial charge < -0.3 is 23.7 Å². The molecule has 230 valence electrons. The van der Waals surface area contributed by atoms with E-state index in [0.717, 1.165) is 11.6 Å². The maximum atomic E-state index is 13.4. The third kappa shape index (κ3) is 12.1. The molecule has 1 saturated heterocycles. The van der Waals surface area contributed by atoms with Crippen molar-refractivity contribution < 1.29 is 51.2 Å². The molecule has 1 aliphatic heterocycles. The molecule has 0 unspecified atom stereocenters. The van der Waals surface area contributed by atoms with Crippen molar-refractivity contribution in [2.75, 3.05) is 19.8 Å². The van der Waals surface area contributed by atoms with Crippen molar-refractivity contribution in [3.05, 3.63) is 48.0 Å². The summed E-state index contributed by atoms with van der Waals surface area (Å²) in [6, 6.07) is 7.71. The highest BCUT2D eigenvalue weighted by Crippen LogP contribution is 2.25. The Labute approximate surface area is 238 Å². The van der Waals surface area contributed by atoms with Crippen LogP contribution in [0.3, 0.4) is 0 Å². The van der Waals surface area contributed by atoms with Gasteiger partial charge in [-0.25, -0.2) is 14.4 Å². The van der Waals surface area contributed by atoms with E-state index in [-0.39, 0.29) is 12.7 Å². The first kappa shape index (κ1) is 34.1. The number of carbonyl (C=O) groups is 3. The Morgan fingerprint density at radius 3 is 2.05 bits per heavy atom. The van der Waals surface area contributed by atoms with E-state index < -0.39 is 72.9 Å². The highest BCUT2D eigenvalue weighted by molar-refractivity contribution is 5.94. The fraction of sp³-hybridized carbons (Fsp3) is 0.621. The van der Waals surface area contributed by atoms with Crippen molar-refractivity contribution in [2.24, 2.45) is 5.92 Å². The van der Waals surface area contributed by atoms with Gasteiger partial charge in [-0.1, -0.05) is 36.4 Å². The molecular weight excluding hydrogens is 547 g/mol. The number of hydrogen-bond acceptors (Lipinski definition) is 8. The molecule has 0 saturated carbocycles. The highest BCUT2D eigenvalue weighted by Gasteiger charge is 2.44. The van der Waals surface area contributed by atoms with Gasteiger partial charge in [0.2, 0.25) is 0 Å². The van der Waals surface area contributed by atoms with Crippen LogP contribution < -0.4 is 0 Å².